The molecule has 22 nitrogen and oxygen atoms in total. The summed E-state index contributed by atoms with van der Waals surface area (Å²) >= 11 is 0. The Hall–Kier alpha value is -5.83. The van der Waals surface area contributed by atoms with Crippen molar-refractivity contribution >= 4 is 47.2 Å². The molecule has 1 aromatic carbocycles. The topological polar surface area (TPSA) is 361 Å². The maximum atomic E-state index is 12.5. The number of aromatic hydroxyl groups is 2. The Labute approximate surface area is 456 Å². The van der Waals surface area contributed by atoms with E-state index in [1.165, 1.54) is 26.0 Å². The first-order chi connectivity index (χ1) is 35.1. The molecule has 9 N–H and O–H groups in total. The molecule has 0 saturated carbocycles. The number of hydrogen-bond donors (Lipinski definition) is 9. The first-order valence-corrected chi connectivity index (χ1v) is 25.9. The van der Waals surface area contributed by atoms with Crippen LogP contribution in [0.2, 0.25) is 0 Å². The van der Waals surface area contributed by atoms with Gasteiger partial charge in [0.15, 0.2) is 11.5 Å². The highest BCUT2D eigenvalue weighted by atomic mass is 16.5. The van der Waals surface area contributed by atoms with E-state index in [4.69, 9.17) is 25.2 Å². The van der Waals surface area contributed by atoms with E-state index in [0.717, 1.165) is 5.56 Å². The average molecular weight is 1100 g/mol. The number of aliphatic hydroxyl groups is 1. The number of aliphatic carboxylic acids is 3. The molecule has 77 heavy (non-hydrogen) atoms. The summed E-state index contributed by atoms with van der Waals surface area (Å²) in [6.07, 6.45) is 1.10. The fourth-order valence-corrected chi connectivity index (χ4v) is 8.65. The number of carboxylic acids is 3. The minimum absolute atomic E-state index is 0.00327. The number of ether oxygens (including phenoxy) is 2. The minimum atomic E-state index is -0.976. The molecule has 0 saturated heterocycles. The lowest BCUT2D eigenvalue weighted by Gasteiger charge is -2.33. The zero-order chi connectivity index (χ0) is 60.8. The van der Waals surface area contributed by atoms with Crippen molar-refractivity contribution in [1.29, 1.82) is 0 Å². The Morgan fingerprint density at radius 1 is 0.545 bits per heavy atom. The van der Waals surface area contributed by atoms with Crippen molar-refractivity contribution in [2.45, 2.75) is 137 Å². The molecule has 0 spiro atoms. The van der Waals surface area contributed by atoms with Crippen molar-refractivity contribution in [2.75, 3.05) is 59.2 Å². The van der Waals surface area contributed by atoms with Gasteiger partial charge in [0.1, 0.15) is 11.6 Å². The quantitative estimate of drug-likeness (QED) is 0.0137. The van der Waals surface area contributed by atoms with Gasteiger partial charge in [0.05, 0.1) is 43.5 Å². The molecule has 0 bridgehead atoms. The lowest BCUT2D eigenvalue weighted by Crippen LogP contribution is -2.44. The molecule has 8 unspecified atom stereocenters. The van der Waals surface area contributed by atoms with Crippen molar-refractivity contribution in [3.05, 3.63) is 34.2 Å². The van der Waals surface area contributed by atoms with Crippen LogP contribution < -0.4 is 16.0 Å². The number of carbonyl (C=O) groups is 8. The maximum Gasteiger partial charge on any atom is 0.307 e. The smallest absolute Gasteiger partial charge is 0.307 e. The zero-order valence-electron chi connectivity index (χ0n) is 49.2. The van der Waals surface area contributed by atoms with Crippen LogP contribution in [0.5, 0.6) is 11.5 Å². The van der Waals surface area contributed by atoms with Gasteiger partial charge in [0.25, 0.3) is 0 Å². The summed E-state index contributed by atoms with van der Waals surface area (Å²) in [5, 5.41) is 66.3. The number of carboxylic acid groups (broad SMARTS) is 3. The lowest BCUT2D eigenvalue weighted by molar-refractivity contribution is -0.152. The average Bonchev–Trinajstić information content (AvgIpc) is 3.26. The molecule has 1 aromatic rings. The Balaban J connectivity index is -0.000000965. The van der Waals surface area contributed by atoms with E-state index >= 15 is 0 Å². The molecule has 0 heterocycles. The van der Waals surface area contributed by atoms with Gasteiger partial charge in [-0.3, -0.25) is 38.4 Å². The number of carbonyl (C=O) groups excluding carboxylic acids is 5. The van der Waals surface area contributed by atoms with Crippen molar-refractivity contribution < 1.29 is 78.5 Å². The van der Waals surface area contributed by atoms with Crippen LogP contribution in [0.4, 0.5) is 0 Å². The molecule has 8 atom stereocenters. The Bertz CT molecular complexity index is 2070. The number of phenols is 2. The van der Waals surface area contributed by atoms with Crippen molar-refractivity contribution in [3.8, 4) is 11.5 Å². The highest BCUT2D eigenvalue weighted by molar-refractivity contribution is 5.88. The third kappa shape index (κ3) is 31.2. The number of nitrogens with zero attached hydrogens (tertiary/aromatic N) is 3. The van der Waals surface area contributed by atoms with Crippen LogP contribution in [-0.4, -0.2) is 137 Å². The van der Waals surface area contributed by atoms with Crippen LogP contribution in [0.3, 0.4) is 0 Å². The summed E-state index contributed by atoms with van der Waals surface area (Å²) in [6, 6.07) is 4.59. The van der Waals surface area contributed by atoms with Gasteiger partial charge in [-0.1, -0.05) is 122 Å². The van der Waals surface area contributed by atoms with E-state index < -0.39 is 70.2 Å². The predicted octanol–water partition coefficient (Wildman–Crippen LogP) is 7.30. The van der Waals surface area contributed by atoms with Crippen molar-refractivity contribution in [2.24, 2.45) is 74.1 Å². The molecule has 0 aliphatic carbocycles. The number of rotatable bonds is 27. The van der Waals surface area contributed by atoms with Crippen LogP contribution in [0.1, 0.15) is 137 Å². The molecular weight excluding hydrogens is 1000 g/mol. The highest BCUT2D eigenvalue weighted by Crippen LogP contribution is 2.36. The molecule has 22 heteroatoms. The second kappa shape index (κ2) is 36.3. The summed E-state index contributed by atoms with van der Waals surface area (Å²) in [6.45, 7) is 34.6. The van der Waals surface area contributed by atoms with E-state index in [0.29, 0.717) is 39.1 Å². The maximum absolute atomic E-state index is 12.5. The Kier molecular flexibility index (Phi) is 35.5. The molecule has 0 radical (unpaired) electrons. The van der Waals surface area contributed by atoms with Crippen LogP contribution in [-0.2, 0) is 54.3 Å². The molecule has 0 fully saturated rings. The first kappa shape index (κ1) is 75.4. The van der Waals surface area contributed by atoms with Crippen molar-refractivity contribution in [1.82, 2.24) is 16.0 Å². The summed E-state index contributed by atoms with van der Waals surface area (Å²) in [5.41, 5.74) is 7.19. The van der Waals surface area contributed by atoms with Gasteiger partial charge in [-0.2, -0.15) is 0 Å². The summed E-state index contributed by atoms with van der Waals surface area (Å²) < 4.78 is 10.3. The van der Waals surface area contributed by atoms with Gasteiger partial charge in [-0.25, -0.2) is 0 Å². The molecule has 1 rings (SSSR count). The summed E-state index contributed by atoms with van der Waals surface area (Å²) in [7, 11) is 0. The molecule has 3 amide bonds. The second-order valence-corrected chi connectivity index (χ2v) is 23.5. The standard InChI is InChI=1S/C18H27NO4.C14H27NO5.C13H24N4O4.C10H18O3/c1-11(12(2)20)16(18(3,4)5)17(23)19-9-8-13-6-7-14(21)15(22)10-13;1-10(11(13(18)19)14(2,3)4)12(17)15-6-9-20-8-5-7-16;1-9(10(12(19)20)13(2,3)4)11(18)15-5-7-21-8-6-16-17-14;1-6(7(2)11)8(9(12)13)10(3,4)5/h6-7,10-11,16,21-22H,8-9H2,1-5H3,(H,19,23);10-11,16H,5-9H2,1-4H3,(H,15,17)(H,18,19);9-10H,5-8H2,1-4H3,(H,15,18)(H,19,20);6,8H,1-5H3,(H,12,13). The summed E-state index contributed by atoms with van der Waals surface area (Å²) in [4.78, 5) is 95.3. The number of hydrogen-bond acceptors (Lipinski definition) is 14. The van der Waals surface area contributed by atoms with Gasteiger partial charge in [0, 0.05) is 68.0 Å². The monoisotopic (exact) mass is 1100 g/mol. The van der Waals surface area contributed by atoms with Gasteiger partial charge in [-0.05, 0) is 71.6 Å². The molecule has 0 aliphatic rings. The number of aliphatic hydroxyl groups excluding tert-OH is 1. The normalized spacial score (nSPS) is 14.6. The van der Waals surface area contributed by atoms with E-state index in [1.807, 2.05) is 62.3 Å². The lowest BCUT2D eigenvalue weighted by atomic mass is 9.72. The first-order valence-electron chi connectivity index (χ1n) is 25.9. The third-order valence-corrected chi connectivity index (χ3v) is 12.6. The summed E-state index contributed by atoms with van der Waals surface area (Å²) in [5.74, 6) is -8.46. The number of azide groups is 1. The van der Waals surface area contributed by atoms with Gasteiger partial charge in [0.2, 0.25) is 17.7 Å². The number of phenolic OH excluding ortho intramolecular Hbond substituents is 2. The Morgan fingerprint density at radius 3 is 1.23 bits per heavy atom. The van der Waals surface area contributed by atoms with Gasteiger partial charge in [-0.15, -0.1) is 0 Å². The molecule has 0 aromatic heterocycles. The van der Waals surface area contributed by atoms with Crippen LogP contribution in [0.25, 0.3) is 10.4 Å². The SMILES string of the molecule is CC(=O)C(C)C(C(=O)NCCc1ccc(O)c(O)c1)C(C)(C)C.CC(=O)C(C)C(C(=O)O)C(C)(C)C.CC(C(=O)NCCOCCCO)C(C(=O)O)C(C)(C)C.CC(C(=O)NCCOCCN=[N+]=[N-])C(C(=O)O)C(C)(C)C. The second-order valence-electron chi connectivity index (χ2n) is 23.5. The van der Waals surface area contributed by atoms with Crippen LogP contribution >= 0.6 is 0 Å². The van der Waals surface area contributed by atoms with Gasteiger partial charge >= 0.3 is 17.9 Å². The van der Waals surface area contributed by atoms with E-state index in [9.17, 15) is 58.8 Å². The zero-order valence-corrected chi connectivity index (χ0v) is 49.2. The fraction of sp³-hybridized carbons (Fsp3) is 0.745. The molecule has 0 aliphatic heterocycles. The molecular formula is C55H96N6O16. The third-order valence-electron chi connectivity index (χ3n) is 12.6. The van der Waals surface area contributed by atoms with Crippen molar-refractivity contribution in [3.63, 3.8) is 0 Å². The number of amides is 3. The fourth-order valence-electron chi connectivity index (χ4n) is 8.65. The van der Waals surface area contributed by atoms with Gasteiger partial charge < -0.3 is 56.1 Å². The van der Waals surface area contributed by atoms with Crippen LogP contribution in [0, 0.1) is 69.0 Å². The number of ketones is 2. The highest BCUT2D eigenvalue weighted by Gasteiger charge is 2.41. The predicted molar refractivity (Wildman–Crippen MR) is 293 cm³/mol. The minimum Gasteiger partial charge on any atom is -0.504 e. The Morgan fingerprint density at radius 2 is 0.909 bits per heavy atom. The van der Waals surface area contributed by atoms with Crippen LogP contribution in [0.15, 0.2) is 23.3 Å². The van der Waals surface area contributed by atoms with E-state index in [1.54, 1.807) is 54.5 Å². The van der Waals surface area contributed by atoms with E-state index in [2.05, 4.69) is 26.0 Å². The largest absolute Gasteiger partial charge is 0.504 e. The number of benzene rings is 1. The molecule has 442 valence electrons. The number of Topliss-reactive ketones (excluding diaryl/α,β-unsaturated/α-hetero) is 2. The van der Waals surface area contributed by atoms with E-state index in [-0.39, 0.29) is 90.4 Å². The number of nitrogens with one attached hydrogen (secondary N) is 3.